The fraction of sp³-hybridized carbons (Fsp3) is 0.462. The first-order chi connectivity index (χ1) is 7.30. The summed E-state index contributed by atoms with van der Waals surface area (Å²) < 4.78 is 4.93. The van der Waals surface area contributed by atoms with Crippen LogP contribution in [0.3, 0.4) is 0 Å². The Balaban J connectivity index is 1.82. The van der Waals surface area contributed by atoms with Gasteiger partial charge in [0.1, 0.15) is 0 Å². The van der Waals surface area contributed by atoms with E-state index in [4.69, 9.17) is 4.74 Å². The number of esters is 1. The molecule has 2 heteroatoms. The molecule has 0 radical (unpaired) electrons. The van der Waals surface area contributed by atoms with E-state index in [-0.39, 0.29) is 11.4 Å². The molecule has 1 aromatic carbocycles. The van der Waals surface area contributed by atoms with Crippen molar-refractivity contribution in [2.45, 2.75) is 18.3 Å². The molecular weight excluding hydrogens is 188 g/mol. The van der Waals surface area contributed by atoms with Crippen LogP contribution >= 0.6 is 0 Å². The van der Waals surface area contributed by atoms with Gasteiger partial charge in [0, 0.05) is 5.92 Å². The SMILES string of the molecule is COC(=O)[C@]12C[C@@H]3c4ccccc4[C@@H]1[C@H]32. The van der Waals surface area contributed by atoms with E-state index in [0.717, 1.165) is 6.42 Å². The zero-order chi connectivity index (χ0) is 10.2. The van der Waals surface area contributed by atoms with Gasteiger partial charge in [-0.05, 0) is 29.4 Å². The Labute approximate surface area is 88.2 Å². The van der Waals surface area contributed by atoms with Gasteiger partial charge in [0.25, 0.3) is 0 Å². The minimum absolute atomic E-state index is 0.0169. The second-order valence-electron chi connectivity index (χ2n) is 4.97. The van der Waals surface area contributed by atoms with Crippen molar-refractivity contribution in [3.05, 3.63) is 35.4 Å². The summed E-state index contributed by atoms with van der Waals surface area (Å²) in [6, 6.07) is 8.57. The first-order valence-corrected chi connectivity index (χ1v) is 5.48. The molecule has 0 unspecified atom stereocenters. The summed E-state index contributed by atoms with van der Waals surface area (Å²) in [5, 5.41) is 0. The Morgan fingerprint density at radius 1 is 1.40 bits per heavy atom. The average Bonchev–Trinajstić information content (AvgIpc) is 2.67. The molecule has 4 rings (SSSR count). The van der Waals surface area contributed by atoms with E-state index in [1.807, 2.05) is 0 Å². The lowest BCUT2D eigenvalue weighted by Gasteiger charge is -2.35. The summed E-state index contributed by atoms with van der Waals surface area (Å²) in [6.45, 7) is 0. The lowest BCUT2D eigenvalue weighted by molar-refractivity contribution is -0.151. The van der Waals surface area contributed by atoms with Gasteiger partial charge in [-0.3, -0.25) is 4.79 Å². The Kier molecular flexibility index (Phi) is 1.11. The van der Waals surface area contributed by atoms with Crippen LogP contribution in [0.2, 0.25) is 0 Å². The number of hydrogen-bond acceptors (Lipinski definition) is 2. The molecule has 76 valence electrons. The molecule has 0 bridgehead atoms. The quantitative estimate of drug-likeness (QED) is 0.648. The van der Waals surface area contributed by atoms with Crippen molar-refractivity contribution < 1.29 is 9.53 Å². The predicted molar refractivity (Wildman–Crippen MR) is 54.5 cm³/mol. The topological polar surface area (TPSA) is 26.3 Å². The van der Waals surface area contributed by atoms with Crippen molar-refractivity contribution in [1.29, 1.82) is 0 Å². The highest BCUT2D eigenvalue weighted by atomic mass is 16.5. The van der Waals surface area contributed by atoms with Crippen LogP contribution in [-0.2, 0) is 9.53 Å². The fourth-order valence-corrected chi connectivity index (χ4v) is 4.10. The molecule has 2 saturated carbocycles. The largest absolute Gasteiger partial charge is 0.469 e. The maximum Gasteiger partial charge on any atom is 0.312 e. The number of carbonyl (C=O) groups is 1. The summed E-state index contributed by atoms with van der Waals surface area (Å²) in [6.07, 6.45) is 1.02. The molecule has 4 atom stereocenters. The molecule has 0 aliphatic heterocycles. The second kappa shape index (κ2) is 2.11. The molecule has 2 nitrogen and oxygen atoms in total. The Hall–Kier alpha value is -1.31. The van der Waals surface area contributed by atoms with Crippen molar-refractivity contribution in [2.75, 3.05) is 7.11 Å². The Morgan fingerprint density at radius 2 is 2.13 bits per heavy atom. The van der Waals surface area contributed by atoms with Crippen molar-refractivity contribution in [1.82, 2.24) is 0 Å². The highest BCUT2D eigenvalue weighted by molar-refractivity contribution is 5.88. The monoisotopic (exact) mass is 200 g/mol. The van der Waals surface area contributed by atoms with Crippen molar-refractivity contribution in [3.8, 4) is 0 Å². The number of ether oxygens (including phenoxy) is 1. The third kappa shape index (κ3) is 0.612. The van der Waals surface area contributed by atoms with E-state index >= 15 is 0 Å². The summed E-state index contributed by atoms with van der Waals surface area (Å²) >= 11 is 0. The minimum Gasteiger partial charge on any atom is -0.469 e. The molecule has 0 aromatic heterocycles. The summed E-state index contributed by atoms with van der Waals surface area (Å²) in [5.41, 5.74) is 2.79. The maximum atomic E-state index is 11.7. The molecule has 2 fully saturated rings. The normalized spacial score (nSPS) is 42.6. The number of benzene rings is 1. The number of fused-ring (bicyclic) bond motifs is 4. The van der Waals surface area contributed by atoms with Crippen LogP contribution in [0.25, 0.3) is 0 Å². The molecule has 0 amide bonds. The number of carbonyl (C=O) groups excluding carboxylic acids is 1. The van der Waals surface area contributed by atoms with Gasteiger partial charge in [0.05, 0.1) is 12.5 Å². The molecule has 3 aliphatic carbocycles. The van der Waals surface area contributed by atoms with Crippen LogP contribution in [0.15, 0.2) is 24.3 Å². The molecule has 0 saturated heterocycles. The molecular formula is C13H12O2. The predicted octanol–water partition coefficient (Wildman–Crippen LogP) is 2.06. The molecule has 3 aliphatic rings. The molecule has 0 N–H and O–H groups in total. The minimum atomic E-state index is -0.103. The van der Waals surface area contributed by atoms with Gasteiger partial charge < -0.3 is 4.74 Å². The maximum absolute atomic E-state index is 11.7. The van der Waals surface area contributed by atoms with Crippen LogP contribution in [0.4, 0.5) is 0 Å². The van der Waals surface area contributed by atoms with Crippen LogP contribution < -0.4 is 0 Å². The number of rotatable bonds is 1. The van der Waals surface area contributed by atoms with Crippen LogP contribution in [0.1, 0.15) is 29.4 Å². The number of methoxy groups -OCH3 is 1. The van der Waals surface area contributed by atoms with E-state index in [9.17, 15) is 4.79 Å². The van der Waals surface area contributed by atoms with Crippen LogP contribution in [0, 0.1) is 11.3 Å². The molecule has 15 heavy (non-hydrogen) atoms. The van der Waals surface area contributed by atoms with Crippen LogP contribution in [0.5, 0.6) is 0 Å². The molecule has 0 spiro atoms. The highest BCUT2D eigenvalue weighted by Gasteiger charge is 2.83. The van der Waals surface area contributed by atoms with Gasteiger partial charge in [-0.25, -0.2) is 0 Å². The van der Waals surface area contributed by atoms with Gasteiger partial charge in [-0.1, -0.05) is 24.3 Å². The molecule has 0 heterocycles. The first kappa shape index (κ1) is 7.91. The van der Waals surface area contributed by atoms with Gasteiger partial charge in [0.2, 0.25) is 0 Å². The number of hydrogen-bond donors (Lipinski definition) is 0. The van der Waals surface area contributed by atoms with E-state index in [1.165, 1.54) is 18.2 Å². The van der Waals surface area contributed by atoms with Crippen LogP contribution in [-0.4, -0.2) is 13.1 Å². The van der Waals surface area contributed by atoms with E-state index < -0.39 is 0 Å². The third-order valence-electron chi connectivity index (χ3n) is 4.69. The lowest BCUT2D eigenvalue weighted by Crippen LogP contribution is -2.34. The van der Waals surface area contributed by atoms with Crippen molar-refractivity contribution in [3.63, 3.8) is 0 Å². The Bertz CT molecular complexity index is 479. The molecule has 1 aromatic rings. The second-order valence-corrected chi connectivity index (χ2v) is 4.97. The van der Waals surface area contributed by atoms with Gasteiger partial charge in [-0.15, -0.1) is 0 Å². The summed E-state index contributed by atoms with van der Waals surface area (Å²) in [5.74, 6) is 1.71. The zero-order valence-electron chi connectivity index (χ0n) is 8.57. The zero-order valence-corrected chi connectivity index (χ0v) is 8.57. The smallest absolute Gasteiger partial charge is 0.312 e. The fourth-order valence-electron chi connectivity index (χ4n) is 4.10. The van der Waals surface area contributed by atoms with Crippen molar-refractivity contribution >= 4 is 5.97 Å². The van der Waals surface area contributed by atoms with E-state index in [2.05, 4.69) is 24.3 Å². The van der Waals surface area contributed by atoms with E-state index in [1.54, 1.807) is 0 Å². The standard InChI is InChI=1S/C13H12O2/c1-15-12(14)13-6-9-7-4-2-3-5-8(7)10(13)11(9)13/h2-5,9-11H,6H2,1H3/t9-,10-,11+,13-/m1/s1. The van der Waals surface area contributed by atoms with Gasteiger partial charge >= 0.3 is 5.97 Å². The van der Waals surface area contributed by atoms with Gasteiger partial charge in [-0.2, -0.15) is 0 Å². The summed E-state index contributed by atoms with van der Waals surface area (Å²) in [7, 11) is 1.50. The summed E-state index contributed by atoms with van der Waals surface area (Å²) in [4.78, 5) is 11.7. The average molecular weight is 200 g/mol. The third-order valence-corrected chi connectivity index (χ3v) is 4.69. The van der Waals surface area contributed by atoms with Gasteiger partial charge in [0.15, 0.2) is 0 Å². The Morgan fingerprint density at radius 3 is 2.87 bits per heavy atom. The van der Waals surface area contributed by atoms with Crippen molar-refractivity contribution in [2.24, 2.45) is 11.3 Å². The van der Waals surface area contributed by atoms with E-state index in [0.29, 0.717) is 17.8 Å². The first-order valence-electron chi connectivity index (χ1n) is 5.48. The highest BCUT2D eigenvalue weighted by Crippen LogP contribution is 2.86. The lowest BCUT2D eigenvalue weighted by atomic mass is 9.69.